The van der Waals surface area contributed by atoms with E-state index in [1.165, 1.54) is 42.0 Å². The number of amides is 1. The molecule has 2 N–H and O–H groups in total. The third-order valence-corrected chi connectivity index (χ3v) is 5.95. The summed E-state index contributed by atoms with van der Waals surface area (Å²) in [6.07, 6.45) is 2.96. The molecule has 9 nitrogen and oxygen atoms in total. The predicted octanol–water partition coefficient (Wildman–Crippen LogP) is 4.14. The number of carbonyl (C=O) groups excluding carboxylic acids is 1. The zero-order valence-electron chi connectivity index (χ0n) is 15.3. The van der Waals surface area contributed by atoms with E-state index in [1.54, 1.807) is 18.5 Å². The van der Waals surface area contributed by atoms with E-state index in [0.29, 0.717) is 21.9 Å². The number of hydrogen-bond acceptors (Lipinski definition) is 8. The van der Waals surface area contributed by atoms with Crippen molar-refractivity contribution in [1.82, 2.24) is 19.9 Å². The molecule has 30 heavy (non-hydrogen) atoms. The first kappa shape index (κ1) is 19.9. The Morgan fingerprint density at radius 2 is 1.73 bits per heavy atom. The van der Waals surface area contributed by atoms with Crippen LogP contribution in [0.5, 0.6) is 0 Å². The van der Waals surface area contributed by atoms with Gasteiger partial charge in [-0.2, -0.15) is 0 Å². The lowest BCUT2D eigenvalue weighted by atomic mass is 10.3. The summed E-state index contributed by atoms with van der Waals surface area (Å²) >= 11 is 2.79. The summed E-state index contributed by atoms with van der Waals surface area (Å²) in [6, 6.07) is 13.8. The first-order valence-electron chi connectivity index (χ1n) is 8.67. The number of nitrogens with one attached hydrogen (secondary N) is 2. The Morgan fingerprint density at radius 3 is 2.43 bits per heavy atom. The molecule has 0 radical (unpaired) electrons. The summed E-state index contributed by atoms with van der Waals surface area (Å²) < 4.78 is 0. The van der Waals surface area contributed by atoms with Gasteiger partial charge in [-0.15, -0.1) is 0 Å². The largest absolute Gasteiger partial charge is 0.341 e. The SMILES string of the molecule is O=C(CSc1ncnc2nc[nH]c12)Nc1ccc(Sc2ccc([N+](=O)[O-])cc2)cc1. The van der Waals surface area contributed by atoms with Gasteiger partial charge < -0.3 is 10.3 Å². The topological polar surface area (TPSA) is 127 Å². The van der Waals surface area contributed by atoms with Crippen molar-refractivity contribution in [2.24, 2.45) is 0 Å². The Hall–Kier alpha value is -3.44. The van der Waals surface area contributed by atoms with Crippen LogP contribution in [0.15, 0.2) is 76.0 Å². The second kappa shape index (κ2) is 8.93. The molecule has 0 bridgehead atoms. The normalized spacial score (nSPS) is 10.8. The van der Waals surface area contributed by atoms with Crippen LogP contribution in [-0.4, -0.2) is 36.5 Å². The molecule has 1 amide bonds. The highest BCUT2D eigenvalue weighted by Gasteiger charge is 2.10. The number of fused-ring (bicyclic) bond motifs is 1. The van der Waals surface area contributed by atoms with E-state index in [0.717, 1.165) is 9.79 Å². The summed E-state index contributed by atoms with van der Waals surface area (Å²) in [5, 5.41) is 14.2. The fourth-order valence-electron chi connectivity index (χ4n) is 2.56. The quantitative estimate of drug-likeness (QED) is 0.191. The molecule has 2 aromatic carbocycles. The highest BCUT2D eigenvalue weighted by Crippen LogP contribution is 2.30. The second-order valence-corrected chi connectivity index (χ2v) is 8.11. The number of nitrogens with zero attached hydrogens (tertiary/aromatic N) is 4. The van der Waals surface area contributed by atoms with Crippen molar-refractivity contribution in [2.75, 3.05) is 11.1 Å². The van der Waals surface area contributed by atoms with Crippen LogP contribution in [0.25, 0.3) is 11.2 Å². The molecule has 0 aliphatic rings. The third-order valence-electron chi connectivity index (χ3n) is 3.95. The standard InChI is InChI=1S/C19H14N6O3S2/c26-16(9-29-19-17-18(21-10-20-17)22-11-23-19)24-12-1-5-14(6-2-12)30-15-7-3-13(4-8-15)25(27)28/h1-8,10-11H,9H2,(H,24,26)(H,20,21,22,23). The second-order valence-electron chi connectivity index (χ2n) is 5.99. The number of aromatic nitrogens is 4. The van der Waals surface area contributed by atoms with E-state index in [4.69, 9.17) is 0 Å². The van der Waals surface area contributed by atoms with Crippen LogP contribution in [-0.2, 0) is 4.79 Å². The van der Waals surface area contributed by atoms with Crippen molar-refractivity contribution in [1.29, 1.82) is 0 Å². The van der Waals surface area contributed by atoms with Crippen molar-refractivity contribution >= 4 is 52.0 Å². The van der Waals surface area contributed by atoms with Crippen molar-refractivity contribution in [3.63, 3.8) is 0 Å². The van der Waals surface area contributed by atoms with Gasteiger partial charge in [0, 0.05) is 27.6 Å². The molecule has 11 heteroatoms. The molecule has 0 aliphatic heterocycles. The Balaban J connectivity index is 1.32. The van der Waals surface area contributed by atoms with Crippen molar-refractivity contribution in [3.05, 3.63) is 71.3 Å². The van der Waals surface area contributed by atoms with Crippen molar-refractivity contribution < 1.29 is 9.72 Å². The van der Waals surface area contributed by atoms with Crippen LogP contribution < -0.4 is 5.32 Å². The van der Waals surface area contributed by atoms with E-state index in [-0.39, 0.29) is 17.3 Å². The van der Waals surface area contributed by atoms with Gasteiger partial charge in [-0.3, -0.25) is 14.9 Å². The Kier molecular flexibility index (Phi) is 5.91. The first-order valence-corrected chi connectivity index (χ1v) is 10.5. The minimum absolute atomic E-state index is 0.0607. The molecule has 0 spiro atoms. The molecule has 0 saturated heterocycles. The molecule has 0 aliphatic carbocycles. The molecule has 0 saturated carbocycles. The van der Waals surface area contributed by atoms with Crippen LogP contribution in [0, 0.1) is 10.1 Å². The maximum absolute atomic E-state index is 12.3. The van der Waals surface area contributed by atoms with Crippen LogP contribution in [0.3, 0.4) is 0 Å². The molecule has 2 heterocycles. The van der Waals surface area contributed by atoms with Crippen LogP contribution in [0.4, 0.5) is 11.4 Å². The van der Waals surface area contributed by atoms with E-state index < -0.39 is 4.92 Å². The predicted molar refractivity (Wildman–Crippen MR) is 115 cm³/mol. The van der Waals surface area contributed by atoms with Gasteiger partial charge in [0.2, 0.25) is 5.91 Å². The number of carbonyl (C=O) groups is 1. The molecular formula is C19H14N6O3S2. The zero-order chi connectivity index (χ0) is 20.9. The highest BCUT2D eigenvalue weighted by molar-refractivity contribution is 8.00. The Morgan fingerprint density at radius 1 is 1.03 bits per heavy atom. The number of imidazole rings is 1. The van der Waals surface area contributed by atoms with Gasteiger partial charge in [0.1, 0.15) is 16.9 Å². The number of rotatable bonds is 7. The molecule has 4 rings (SSSR count). The number of nitro benzene ring substituents is 1. The summed E-state index contributed by atoms with van der Waals surface area (Å²) in [6.45, 7) is 0. The number of nitro groups is 1. The monoisotopic (exact) mass is 438 g/mol. The fourth-order valence-corrected chi connectivity index (χ4v) is 4.13. The summed E-state index contributed by atoms with van der Waals surface area (Å²) in [4.78, 5) is 39.7. The van der Waals surface area contributed by atoms with Crippen molar-refractivity contribution in [2.45, 2.75) is 14.8 Å². The lowest BCUT2D eigenvalue weighted by Crippen LogP contribution is -2.14. The number of benzene rings is 2. The molecule has 0 fully saturated rings. The van der Waals surface area contributed by atoms with Crippen LogP contribution >= 0.6 is 23.5 Å². The minimum atomic E-state index is -0.424. The lowest BCUT2D eigenvalue weighted by Gasteiger charge is -2.07. The zero-order valence-corrected chi connectivity index (χ0v) is 16.9. The van der Waals surface area contributed by atoms with Gasteiger partial charge in [-0.05, 0) is 36.4 Å². The van der Waals surface area contributed by atoms with Gasteiger partial charge in [0.05, 0.1) is 17.0 Å². The van der Waals surface area contributed by atoms with Crippen LogP contribution in [0.1, 0.15) is 0 Å². The van der Waals surface area contributed by atoms with E-state index in [2.05, 4.69) is 25.3 Å². The number of non-ortho nitro benzene ring substituents is 1. The molecule has 150 valence electrons. The number of hydrogen-bond donors (Lipinski definition) is 2. The molecule has 0 unspecified atom stereocenters. The van der Waals surface area contributed by atoms with E-state index in [1.807, 2.05) is 24.3 Å². The smallest absolute Gasteiger partial charge is 0.269 e. The summed E-state index contributed by atoms with van der Waals surface area (Å²) in [7, 11) is 0. The first-order chi connectivity index (χ1) is 14.6. The molecule has 4 aromatic rings. The summed E-state index contributed by atoms with van der Waals surface area (Å²) in [5.74, 6) is 0.0480. The minimum Gasteiger partial charge on any atom is -0.341 e. The van der Waals surface area contributed by atoms with Gasteiger partial charge in [0.15, 0.2) is 5.65 Å². The third kappa shape index (κ3) is 4.75. The van der Waals surface area contributed by atoms with Gasteiger partial charge in [-0.25, -0.2) is 15.0 Å². The Labute approximate surface area is 178 Å². The number of anilines is 1. The average Bonchev–Trinajstić information content (AvgIpc) is 3.23. The maximum atomic E-state index is 12.3. The number of H-pyrrole nitrogens is 1. The van der Waals surface area contributed by atoms with E-state index >= 15 is 0 Å². The van der Waals surface area contributed by atoms with Crippen molar-refractivity contribution in [3.8, 4) is 0 Å². The molecular weight excluding hydrogens is 424 g/mol. The molecule has 2 aromatic heterocycles. The Bertz CT molecular complexity index is 1200. The van der Waals surface area contributed by atoms with E-state index in [9.17, 15) is 14.9 Å². The summed E-state index contributed by atoms with van der Waals surface area (Å²) in [5.41, 5.74) is 2.02. The maximum Gasteiger partial charge on any atom is 0.269 e. The highest BCUT2D eigenvalue weighted by atomic mass is 32.2. The van der Waals surface area contributed by atoms with Crippen LogP contribution in [0.2, 0.25) is 0 Å². The average molecular weight is 438 g/mol. The van der Waals surface area contributed by atoms with Gasteiger partial charge in [-0.1, -0.05) is 23.5 Å². The number of thioether (sulfide) groups is 1. The fraction of sp³-hybridized carbons (Fsp3) is 0.0526. The van der Waals surface area contributed by atoms with Gasteiger partial charge >= 0.3 is 0 Å². The molecule has 0 atom stereocenters. The lowest BCUT2D eigenvalue weighted by molar-refractivity contribution is -0.384. The number of aromatic amines is 1. The van der Waals surface area contributed by atoms with Gasteiger partial charge in [0.25, 0.3) is 5.69 Å².